The quantitative estimate of drug-likeness (QED) is 0.630. The zero-order chi connectivity index (χ0) is 16.0. The molecule has 0 radical (unpaired) electrons. The SMILES string of the molecule is CC1(C)OB(c2c(C=O)cccc2C2OCCO2)OC1(C)C. The number of benzene rings is 1. The third-order valence-electron chi connectivity index (χ3n) is 4.67. The second kappa shape index (κ2) is 5.46. The number of carbonyl (C=O) groups is 1. The molecule has 6 heteroatoms. The average molecular weight is 304 g/mol. The van der Waals surface area contributed by atoms with Gasteiger partial charge in [-0.2, -0.15) is 0 Å². The molecule has 0 bridgehead atoms. The van der Waals surface area contributed by atoms with Crippen LogP contribution in [0.5, 0.6) is 0 Å². The fraction of sp³-hybridized carbons (Fsp3) is 0.562. The minimum atomic E-state index is -0.616. The molecule has 118 valence electrons. The molecule has 0 saturated carbocycles. The van der Waals surface area contributed by atoms with Gasteiger partial charge in [0.05, 0.1) is 24.4 Å². The third kappa shape index (κ3) is 2.50. The first-order valence-electron chi connectivity index (χ1n) is 7.52. The molecule has 0 aromatic heterocycles. The molecular weight excluding hydrogens is 283 g/mol. The maximum absolute atomic E-state index is 11.5. The van der Waals surface area contributed by atoms with E-state index in [1.54, 1.807) is 6.07 Å². The van der Waals surface area contributed by atoms with Gasteiger partial charge >= 0.3 is 7.12 Å². The molecule has 2 saturated heterocycles. The normalized spacial score (nSPS) is 23.9. The molecular formula is C16H21BO5. The topological polar surface area (TPSA) is 54.0 Å². The van der Waals surface area contributed by atoms with Crippen molar-refractivity contribution in [2.24, 2.45) is 0 Å². The summed E-state index contributed by atoms with van der Waals surface area (Å²) >= 11 is 0. The Morgan fingerprint density at radius 2 is 1.68 bits per heavy atom. The summed E-state index contributed by atoms with van der Waals surface area (Å²) in [7, 11) is -0.616. The van der Waals surface area contributed by atoms with E-state index in [-0.39, 0.29) is 0 Å². The second-order valence-electron chi connectivity index (χ2n) is 6.63. The Morgan fingerprint density at radius 1 is 1.09 bits per heavy atom. The first-order chi connectivity index (χ1) is 10.4. The van der Waals surface area contributed by atoms with Crippen LogP contribution >= 0.6 is 0 Å². The zero-order valence-electron chi connectivity index (χ0n) is 13.4. The van der Waals surface area contributed by atoms with Gasteiger partial charge in [-0.1, -0.05) is 18.2 Å². The summed E-state index contributed by atoms with van der Waals surface area (Å²) in [6.45, 7) is 9.02. The second-order valence-corrected chi connectivity index (χ2v) is 6.63. The summed E-state index contributed by atoms with van der Waals surface area (Å²) in [6.07, 6.45) is 0.340. The van der Waals surface area contributed by atoms with Crippen molar-refractivity contribution in [1.29, 1.82) is 0 Å². The van der Waals surface area contributed by atoms with Crippen LogP contribution in [0.2, 0.25) is 0 Å². The summed E-state index contributed by atoms with van der Waals surface area (Å²) in [5.74, 6) is 0. The van der Waals surface area contributed by atoms with Crippen LogP contribution in [-0.4, -0.2) is 37.8 Å². The van der Waals surface area contributed by atoms with E-state index >= 15 is 0 Å². The molecule has 0 atom stereocenters. The van der Waals surface area contributed by atoms with E-state index in [0.29, 0.717) is 24.2 Å². The van der Waals surface area contributed by atoms with Crippen LogP contribution in [0.3, 0.4) is 0 Å². The van der Waals surface area contributed by atoms with Gasteiger partial charge in [-0.3, -0.25) is 4.79 Å². The van der Waals surface area contributed by atoms with Crippen LogP contribution in [-0.2, 0) is 18.8 Å². The molecule has 2 fully saturated rings. The molecule has 2 heterocycles. The maximum Gasteiger partial charge on any atom is 0.496 e. The molecule has 1 aromatic carbocycles. The summed E-state index contributed by atoms with van der Waals surface area (Å²) in [6, 6.07) is 5.47. The van der Waals surface area contributed by atoms with E-state index in [1.807, 2.05) is 39.8 Å². The smallest absolute Gasteiger partial charge is 0.399 e. The van der Waals surface area contributed by atoms with Gasteiger partial charge < -0.3 is 18.8 Å². The van der Waals surface area contributed by atoms with Gasteiger partial charge in [-0.05, 0) is 27.7 Å². The van der Waals surface area contributed by atoms with Crippen molar-refractivity contribution in [3.8, 4) is 0 Å². The van der Waals surface area contributed by atoms with Crippen molar-refractivity contribution >= 4 is 18.9 Å². The summed E-state index contributed by atoms with van der Waals surface area (Å²) in [4.78, 5) is 11.5. The number of ether oxygens (including phenoxy) is 2. The number of rotatable bonds is 3. The van der Waals surface area contributed by atoms with Crippen molar-refractivity contribution in [2.45, 2.75) is 45.2 Å². The van der Waals surface area contributed by atoms with Crippen molar-refractivity contribution in [1.82, 2.24) is 0 Å². The molecule has 22 heavy (non-hydrogen) atoms. The fourth-order valence-corrected chi connectivity index (χ4v) is 2.68. The molecule has 2 aliphatic heterocycles. The highest BCUT2D eigenvalue weighted by Crippen LogP contribution is 2.37. The van der Waals surface area contributed by atoms with Gasteiger partial charge in [0.25, 0.3) is 0 Å². The van der Waals surface area contributed by atoms with Crippen LogP contribution in [0, 0.1) is 0 Å². The lowest BCUT2D eigenvalue weighted by molar-refractivity contribution is -0.0435. The van der Waals surface area contributed by atoms with Crippen LogP contribution in [0.1, 0.15) is 49.9 Å². The van der Waals surface area contributed by atoms with Crippen LogP contribution < -0.4 is 5.46 Å². The highest BCUT2D eigenvalue weighted by molar-refractivity contribution is 6.64. The van der Waals surface area contributed by atoms with Gasteiger partial charge in [0.1, 0.15) is 6.29 Å². The Bertz CT molecular complexity index is 562. The van der Waals surface area contributed by atoms with Gasteiger partial charge in [0.15, 0.2) is 6.29 Å². The summed E-state index contributed by atoms with van der Waals surface area (Å²) < 4.78 is 23.4. The Hall–Kier alpha value is -1.21. The minimum Gasteiger partial charge on any atom is -0.399 e. The monoisotopic (exact) mass is 304 g/mol. The number of carbonyl (C=O) groups excluding carboxylic acids is 1. The van der Waals surface area contributed by atoms with Crippen LogP contribution in [0.4, 0.5) is 0 Å². The molecule has 0 unspecified atom stereocenters. The molecule has 0 spiro atoms. The summed E-state index contributed by atoms with van der Waals surface area (Å²) in [5.41, 5.74) is 1.09. The Morgan fingerprint density at radius 3 is 2.23 bits per heavy atom. The summed E-state index contributed by atoms with van der Waals surface area (Å²) in [5, 5.41) is 0. The molecule has 0 N–H and O–H groups in total. The maximum atomic E-state index is 11.5. The van der Waals surface area contributed by atoms with E-state index in [9.17, 15) is 4.79 Å². The van der Waals surface area contributed by atoms with E-state index in [2.05, 4.69) is 0 Å². The van der Waals surface area contributed by atoms with Gasteiger partial charge in [0, 0.05) is 16.6 Å². The Kier molecular flexibility index (Phi) is 3.89. The number of aldehydes is 1. The van der Waals surface area contributed by atoms with Crippen LogP contribution in [0.15, 0.2) is 18.2 Å². The fourth-order valence-electron chi connectivity index (χ4n) is 2.68. The van der Waals surface area contributed by atoms with E-state index in [1.165, 1.54) is 0 Å². The average Bonchev–Trinajstić information content (AvgIpc) is 3.05. The lowest BCUT2D eigenvalue weighted by Gasteiger charge is -2.32. The Labute approximate surface area is 131 Å². The molecule has 2 aliphatic rings. The molecule has 0 aliphatic carbocycles. The van der Waals surface area contributed by atoms with E-state index in [4.69, 9.17) is 18.8 Å². The van der Waals surface area contributed by atoms with Gasteiger partial charge in [0.2, 0.25) is 0 Å². The highest BCUT2D eigenvalue weighted by atomic mass is 16.7. The van der Waals surface area contributed by atoms with Gasteiger partial charge in [-0.15, -0.1) is 0 Å². The number of hydrogen-bond donors (Lipinski definition) is 0. The van der Waals surface area contributed by atoms with E-state index in [0.717, 1.165) is 11.8 Å². The molecule has 1 aromatic rings. The zero-order valence-corrected chi connectivity index (χ0v) is 13.4. The van der Waals surface area contributed by atoms with Crippen molar-refractivity contribution in [2.75, 3.05) is 13.2 Å². The first kappa shape index (κ1) is 15.7. The predicted molar refractivity (Wildman–Crippen MR) is 82.2 cm³/mol. The van der Waals surface area contributed by atoms with Crippen molar-refractivity contribution in [3.63, 3.8) is 0 Å². The highest BCUT2D eigenvalue weighted by Gasteiger charge is 2.53. The van der Waals surface area contributed by atoms with Gasteiger partial charge in [-0.25, -0.2) is 0 Å². The molecule has 0 amide bonds. The van der Waals surface area contributed by atoms with Crippen LogP contribution in [0.25, 0.3) is 0 Å². The largest absolute Gasteiger partial charge is 0.496 e. The Balaban J connectivity index is 2.04. The molecule has 3 rings (SSSR count). The van der Waals surface area contributed by atoms with Crippen molar-refractivity contribution < 1.29 is 23.6 Å². The van der Waals surface area contributed by atoms with E-state index < -0.39 is 24.6 Å². The minimum absolute atomic E-state index is 0.470. The lowest BCUT2D eigenvalue weighted by Crippen LogP contribution is -2.41. The first-order valence-corrected chi connectivity index (χ1v) is 7.52. The predicted octanol–water partition coefficient (Wildman–Crippen LogP) is 1.84. The number of hydrogen-bond acceptors (Lipinski definition) is 5. The standard InChI is InChI=1S/C16H21BO5/c1-15(2)16(3,4)22-17(21-15)13-11(10-18)6-5-7-12(13)14-19-8-9-20-14/h5-7,10,14H,8-9H2,1-4H3. The third-order valence-corrected chi connectivity index (χ3v) is 4.67. The van der Waals surface area contributed by atoms with Crippen molar-refractivity contribution in [3.05, 3.63) is 29.3 Å². The lowest BCUT2D eigenvalue weighted by atomic mass is 9.73. The molecule has 5 nitrogen and oxygen atoms in total.